The summed E-state index contributed by atoms with van der Waals surface area (Å²) in [4.78, 5) is 31.1. The van der Waals surface area contributed by atoms with Crippen LogP contribution in [0.4, 0.5) is 4.79 Å². The molecule has 5 rings (SSSR count). The second kappa shape index (κ2) is 6.71. The average Bonchev–Trinajstić information content (AvgIpc) is 3.47. The molecule has 5 nitrogen and oxygen atoms in total. The van der Waals surface area contributed by atoms with Crippen LogP contribution in [0.5, 0.6) is 0 Å². The Morgan fingerprint density at radius 3 is 2.86 bits per heavy atom. The van der Waals surface area contributed by atoms with E-state index in [4.69, 9.17) is 0 Å². The van der Waals surface area contributed by atoms with E-state index in [0.717, 1.165) is 37.8 Å². The zero-order chi connectivity index (χ0) is 19.3. The maximum absolute atomic E-state index is 13.3. The van der Waals surface area contributed by atoms with E-state index in [0.29, 0.717) is 12.7 Å². The molecular formula is C22H25N3O2S. The molecule has 28 heavy (non-hydrogen) atoms. The van der Waals surface area contributed by atoms with Crippen molar-refractivity contribution in [3.8, 4) is 0 Å². The molecule has 2 fully saturated rings. The number of aryl methyl sites for hydroxylation is 2. The largest absolute Gasteiger partial charge is 0.326 e. The van der Waals surface area contributed by atoms with Gasteiger partial charge < -0.3 is 5.32 Å². The first-order chi connectivity index (χ1) is 13.6. The van der Waals surface area contributed by atoms with E-state index in [-0.39, 0.29) is 11.9 Å². The van der Waals surface area contributed by atoms with Crippen molar-refractivity contribution in [2.24, 2.45) is 0 Å². The minimum absolute atomic E-state index is 0.146. The molecule has 3 amide bonds. The maximum atomic E-state index is 13.3. The summed E-state index contributed by atoms with van der Waals surface area (Å²) in [6.45, 7) is 3.10. The normalized spacial score (nSPS) is 27.5. The highest BCUT2D eigenvalue weighted by atomic mass is 32.1. The zero-order valence-corrected chi connectivity index (χ0v) is 16.9. The molecule has 2 atom stereocenters. The number of carbonyl (C=O) groups is 2. The van der Waals surface area contributed by atoms with Crippen LogP contribution in [0.1, 0.15) is 53.8 Å². The Bertz CT molecular complexity index is 926. The Morgan fingerprint density at radius 2 is 2.04 bits per heavy atom. The monoisotopic (exact) mass is 395 g/mol. The summed E-state index contributed by atoms with van der Waals surface area (Å²) in [7, 11) is 0. The van der Waals surface area contributed by atoms with Crippen LogP contribution in [0.15, 0.2) is 35.7 Å². The van der Waals surface area contributed by atoms with Crippen LogP contribution < -0.4 is 5.32 Å². The molecular weight excluding hydrogens is 370 g/mol. The molecule has 3 heterocycles. The fourth-order valence-electron chi connectivity index (χ4n) is 4.88. The number of urea groups is 1. The minimum Gasteiger partial charge on any atom is -0.319 e. The molecule has 1 aromatic carbocycles. The third-order valence-electron chi connectivity index (χ3n) is 6.51. The van der Waals surface area contributed by atoms with Gasteiger partial charge in [-0.1, -0.05) is 24.3 Å². The van der Waals surface area contributed by atoms with Crippen molar-refractivity contribution in [1.29, 1.82) is 0 Å². The minimum atomic E-state index is -0.979. The van der Waals surface area contributed by atoms with Crippen LogP contribution >= 0.6 is 11.3 Å². The third-order valence-corrected chi connectivity index (χ3v) is 7.48. The van der Waals surface area contributed by atoms with E-state index in [2.05, 4.69) is 39.9 Å². The second-order valence-electron chi connectivity index (χ2n) is 8.25. The molecule has 0 unspecified atom stereocenters. The van der Waals surface area contributed by atoms with Gasteiger partial charge in [-0.3, -0.25) is 9.69 Å². The van der Waals surface area contributed by atoms with Crippen molar-refractivity contribution in [1.82, 2.24) is 15.1 Å². The molecule has 0 radical (unpaired) electrons. The number of hydrogen-bond acceptors (Lipinski definition) is 4. The van der Waals surface area contributed by atoms with Crippen LogP contribution in [-0.4, -0.2) is 35.0 Å². The summed E-state index contributed by atoms with van der Waals surface area (Å²) in [6.07, 6.45) is 5.50. The fourth-order valence-corrected chi connectivity index (χ4v) is 5.78. The Hall–Kier alpha value is -2.18. The highest BCUT2D eigenvalue weighted by Crippen LogP contribution is 2.37. The summed E-state index contributed by atoms with van der Waals surface area (Å²) in [5.41, 5.74) is 2.60. The van der Waals surface area contributed by atoms with Gasteiger partial charge in [0.15, 0.2) is 0 Å². The number of fused-ring (bicyclic) bond motifs is 1. The lowest BCUT2D eigenvalue weighted by molar-refractivity contribution is -0.132. The fraction of sp³-hybridized carbons (Fsp3) is 0.455. The van der Waals surface area contributed by atoms with E-state index >= 15 is 0 Å². The average molecular weight is 396 g/mol. The van der Waals surface area contributed by atoms with Gasteiger partial charge in [0.2, 0.25) is 0 Å². The van der Waals surface area contributed by atoms with Crippen LogP contribution in [0.2, 0.25) is 0 Å². The summed E-state index contributed by atoms with van der Waals surface area (Å²) in [6, 6.07) is 10.5. The van der Waals surface area contributed by atoms with Gasteiger partial charge in [-0.15, -0.1) is 11.3 Å². The Labute approximate surface area is 169 Å². The first-order valence-electron chi connectivity index (χ1n) is 10.1. The lowest BCUT2D eigenvalue weighted by atomic mass is 9.90. The maximum Gasteiger partial charge on any atom is 0.326 e. The predicted molar refractivity (Wildman–Crippen MR) is 109 cm³/mol. The zero-order valence-electron chi connectivity index (χ0n) is 16.1. The number of imide groups is 1. The first kappa shape index (κ1) is 17.9. The van der Waals surface area contributed by atoms with Gasteiger partial charge in [-0.05, 0) is 67.2 Å². The van der Waals surface area contributed by atoms with Crippen LogP contribution in [0.25, 0.3) is 0 Å². The molecule has 2 aliphatic heterocycles. The molecule has 2 aromatic rings. The lowest BCUT2D eigenvalue weighted by Crippen LogP contribution is -2.43. The van der Waals surface area contributed by atoms with Crippen molar-refractivity contribution in [3.05, 3.63) is 57.3 Å². The number of nitrogens with one attached hydrogen (secondary N) is 1. The number of carbonyl (C=O) groups excluding carboxylic acids is 2. The van der Waals surface area contributed by atoms with Crippen LogP contribution in [-0.2, 0) is 23.2 Å². The third kappa shape index (κ3) is 2.78. The van der Waals surface area contributed by atoms with Crippen LogP contribution in [0.3, 0.4) is 0 Å². The van der Waals surface area contributed by atoms with Gasteiger partial charge in [0.05, 0.1) is 6.67 Å². The number of amides is 3. The smallest absolute Gasteiger partial charge is 0.319 e. The highest BCUT2D eigenvalue weighted by Gasteiger charge is 2.50. The number of benzene rings is 1. The molecule has 1 N–H and O–H groups in total. The topological polar surface area (TPSA) is 52.7 Å². The van der Waals surface area contributed by atoms with Crippen molar-refractivity contribution in [2.45, 2.75) is 50.6 Å². The number of nitrogens with zero attached hydrogens (tertiary/aromatic N) is 2. The Morgan fingerprint density at radius 1 is 1.18 bits per heavy atom. The number of thiophene rings is 1. The van der Waals surface area contributed by atoms with Crippen molar-refractivity contribution >= 4 is 23.3 Å². The number of rotatable bonds is 4. The standard InChI is InChI=1S/C22H25N3O2S/c1-22(17-10-9-15-5-2-6-16(15)13-17)20(26)25(21(27)23-22)14-24-11-3-7-18(24)19-8-4-12-28-19/h4,8-10,12-13,18H,2-3,5-7,11,14H2,1H3,(H,23,27)/t18-,22+/m1/s1. The highest BCUT2D eigenvalue weighted by molar-refractivity contribution is 7.10. The van der Waals surface area contributed by atoms with Gasteiger partial charge in [0, 0.05) is 17.5 Å². The predicted octanol–water partition coefficient (Wildman–Crippen LogP) is 3.80. The van der Waals surface area contributed by atoms with Gasteiger partial charge in [0.25, 0.3) is 5.91 Å². The molecule has 0 saturated carbocycles. The lowest BCUT2D eigenvalue weighted by Gasteiger charge is -2.28. The molecule has 1 aliphatic carbocycles. The van der Waals surface area contributed by atoms with Gasteiger partial charge in [0.1, 0.15) is 5.54 Å². The SMILES string of the molecule is C[C@@]1(c2ccc3c(c2)CCC3)NC(=O)N(CN2CCC[C@@H]2c2cccs2)C1=O. The van der Waals surface area contributed by atoms with E-state index in [1.54, 1.807) is 11.3 Å². The first-order valence-corrected chi connectivity index (χ1v) is 11.0. The van der Waals surface area contributed by atoms with E-state index < -0.39 is 5.54 Å². The van der Waals surface area contributed by atoms with Crippen molar-refractivity contribution in [2.75, 3.05) is 13.2 Å². The van der Waals surface area contributed by atoms with E-state index in [9.17, 15) is 9.59 Å². The van der Waals surface area contributed by atoms with Gasteiger partial charge >= 0.3 is 6.03 Å². The summed E-state index contributed by atoms with van der Waals surface area (Å²) < 4.78 is 0. The Balaban J connectivity index is 1.38. The summed E-state index contributed by atoms with van der Waals surface area (Å²) >= 11 is 1.75. The quantitative estimate of drug-likeness (QED) is 0.801. The molecule has 6 heteroatoms. The molecule has 0 spiro atoms. The molecule has 0 bridgehead atoms. The number of likely N-dealkylation sites (tertiary alicyclic amines) is 1. The van der Waals surface area contributed by atoms with Crippen molar-refractivity contribution < 1.29 is 9.59 Å². The summed E-state index contributed by atoms with van der Waals surface area (Å²) in [5, 5.41) is 5.06. The van der Waals surface area contributed by atoms with Crippen molar-refractivity contribution in [3.63, 3.8) is 0 Å². The Kier molecular flexibility index (Phi) is 4.29. The van der Waals surface area contributed by atoms with Gasteiger partial charge in [-0.25, -0.2) is 9.69 Å². The molecule has 2 saturated heterocycles. The molecule has 1 aromatic heterocycles. The van der Waals surface area contributed by atoms with E-state index in [1.165, 1.54) is 27.3 Å². The number of hydrogen-bond donors (Lipinski definition) is 1. The van der Waals surface area contributed by atoms with Gasteiger partial charge in [-0.2, -0.15) is 0 Å². The summed E-state index contributed by atoms with van der Waals surface area (Å²) in [5.74, 6) is -0.146. The van der Waals surface area contributed by atoms with E-state index in [1.807, 2.05) is 13.0 Å². The molecule has 3 aliphatic rings. The second-order valence-corrected chi connectivity index (χ2v) is 9.23. The molecule has 146 valence electrons. The van der Waals surface area contributed by atoms with Crippen LogP contribution in [0, 0.1) is 0 Å².